The molecule has 0 saturated carbocycles. The van der Waals surface area contributed by atoms with Crippen molar-refractivity contribution < 1.29 is 13.9 Å². The topological polar surface area (TPSA) is 58.6 Å². The molecule has 26 heavy (non-hydrogen) atoms. The molecule has 1 unspecified atom stereocenters. The molecule has 2 aliphatic heterocycles. The molecule has 2 fully saturated rings. The smallest absolute Gasteiger partial charge is 0.321 e. The second kappa shape index (κ2) is 6.77. The van der Waals surface area contributed by atoms with E-state index in [1.54, 1.807) is 6.07 Å². The molecule has 1 aromatic heterocycles. The van der Waals surface area contributed by atoms with Gasteiger partial charge in [0.05, 0.1) is 10.7 Å². The van der Waals surface area contributed by atoms with E-state index in [0.29, 0.717) is 18.1 Å². The highest BCUT2D eigenvalue weighted by molar-refractivity contribution is 7.80. The zero-order valence-corrected chi connectivity index (χ0v) is 15.1. The number of aromatic nitrogens is 2. The Kier molecular flexibility index (Phi) is 4.46. The van der Waals surface area contributed by atoms with Gasteiger partial charge in [-0.3, -0.25) is 9.69 Å². The van der Waals surface area contributed by atoms with E-state index in [4.69, 9.17) is 28.6 Å². The van der Waals surface area contributed by atoms with Crippen molar-refractivity contribution in [3.63, 3.8) is 0 Å². The van der Waals surface area contributed by atoms with Gasteiger partial charge in [-0.1, -0.05) is 11.6 Å². The van der Waals surface area contributed by atoms with E-state index < -0.39 is 5.82 Å². The molecule has 2 aliphatic rings. The van der Waals surface area contributed by atoms with Crippen molar-refractivity contribution in [3.8, 4) is 11.8 Å². The average molecular weight is 393 g/mol. The molecule has 0 radical (unpaired) electrons. The second-order valence-electron chi connectivity index (χ2n) is 6.03. The number of ether oxygens (including phenoxy) is 1. The van der Waals surface area contributed by atoms with Crippen LogP contribution in [-0.4, -0.2) is 38.5 Å². The van der Waals surface area contributed by atoms with E-state index in [0.717, 1.165) is 18.9 Å². The lowest BCUT2D eigenvalue weighted by atomic mass is 10.0. The number of thiocarbonyl (C=S) groups is 1. The molecule has 0 bridgehead atoms. The maximum atomic E-state index is 14.6. The highest BCUT2D eigenvalue weighted by Gasteiger charge is 2.45. The molecule has 0 spiro atoms. The van der Waals surface area contributed by atoms with E-state index in [1.807, 2.05) is 4.90 Å². The van der Waals surface area contributed by atoms with Gasteiger partial charge in [-0.25, -0.2) is 14.4 Å². The fraction of sp³-hybridized carbons (Fsp3) is 0.294. The van der Waals surface area contributed by atoms with Gasteiger partial charge < -0.3 is 9.64 Å². The third-order valence-corrected chi connectivity index (χ3v) is 5.14. The number of nitrogens with zero attached hydrogens (tertiary/aromatic N) is 4. The quantitative estimate of drug-likeness (QED) is 0.744. The Hall–Kier alpha value is -2.32. The Balaban J connectivity index is 1.71. The number of amides is 1. The van der Waals surface area contributed by atoms with Crippen molar-refractivity contribution in [2.24, 2.45) is 0 Å². The lowest BCUT2D eigenvalue weighted by Gasteiger charge is -2.27. The molecule has 1 amide bonds. The van der Waals surface area contributed by atoms with Gasteiger partial charge in [-0.05, 0) is 43.6 Å². The van der Waals surface area contributed by atoms with Crippen LogP contribution in [0.1, 0.15) is 19.3 Å². The van der Waals surface area contributed by atoms with Gasteiger partial charge in [0.2, 0.25) is 0 Å². The number of halogens is 2. The van der Waals surface area contributed by atoms with Crippen LogP contribution in [0.15, 0.2) is 30.6 Å². The zero-order chi connectivity index (χ0) is 18.3. The number of carbonyl (C=O) groups excluding carboxylic acids is 1. The van der Waals surface area contributed by atoms with Gasteiger partial charge in [0.25, 0.3) is 5.91 Å². The summed E-state index contributed by atoms with van der Waals surface area (Å²) in [6.45, 7) is 0.697. The Labute approximate surface area is 159 Å². The van der Waals surface area contributed by atoms with Crippen LogP contribution in [0.25, 0.3) is 0 Å². The zero-order valence-electron chi connectivity index (χ0n) is 13.6. The summed E-state index contributed by atoms with van der Waals surface area (Å²) >= 11 is 11.5. The highest BCUT2D eigenvalue weighted by atomic mass is 35.5. The first kappa shape index (κ1) is 17.1. The van der Waals surface area contributed by atoms with Crippen LogP contribution >= 0.6 is 23.8 Å². The molecule has 134 valence electrons. The number of piperidine rings is 1. The molecular weight excluding hydrogens is 379 g/mol. The van der Waals surface area contributed by atoms with Gasteiger partial charge in [-0.2, -0.15) is 0 Å². The summed E-state index contributed by atoms with van der Waals surface area (Å²) in [6.07, 6.45) is 5.65. The predicted molar refractivity (Wildman–Crippen MR) is 97.9 cm³/mol. The number of anilines is 1. The number of carbonyl (C=O) groups is 1. The summed E-state index contributed by atoms with van der Waals surface area (Å²) < 4.78 is 20.1. The van der Waals surface area contributed by atoms with E-state index >= 15 is 0 Å². The fourth-order valence-electron chi connectivity index (χ4n) is 3.22. The minimum absolute atomic E-state index is 0.0183. The van der Waals surface area contributed by atoms with Crippen LogP contribution in [0, 0.1) is 5.82 Å². The maximum Gasteiger partial charge on any atom is 0.321 e. The first-order chi connectivity index (χ1) is 12.6. The van der Waals surface area contributed by atoms with Crippen LogP contribution < -0.4 is 9.64 Å². The predicted octanol–water partition coefficient (Wildman–Crippen LogP) is 3.55. The summed E-state index contributed by atoms with van der Waals surface area (Å²) in [5.41, 5.74) is 0.0183. The lowest BCUT2D eigenvalue weighted by Crippen LogP contribution is -2.38. The van der Waals surface area contributed by atoms with Crippen molar-refractivity contribution in [2.75, 3.05) is 11.4 Å². The van der Waals surface area contributed by atoms with Crippen molar-refractivity contribution >= 4 is 40.5 Å². The van der Waals surface area contributed by atoms with Gasteiger partial charge in [-0.15, -0.1) is 0 Å². The van der Waals surface area contributed by atoms with E-state index in [-0.39, 0.29) is 34.4 Å². The number of hydrogen-bond acceptors (Lipinski definition) is 5. The summed E-state index contributed by atoms with van der Waals surface area (Å²) in [4.78, 5) is 23.8. The molecular formula is C17H14ClFN4O2S. The van der Waals surface area contributed by atoms with Gasteiger partial charge in [0, 0.05) is 25.0 Å². The second-order valence-corrected chi connectivity index (χ2v) is 6.80. The minimum atomic E-state index is -0.646. The van der Waals surface area contributed by atoms with E-state index in [2.05, 4.69) is 9.97 Å². The van der Waals surface area contributed by atoms with E-state index in [1.165, 1.54) is 23.4 Å². The number of fused-ring (bicyclic) bond motifs is 1. The summed E-state index contributed by atoms with van der Waals surface area (Å²) in [5, 5.41) is 0.358. The van der Waals surface area contributed by atoms with Crippen LogP contribution in [0.2, 0.25) is 5.02 Å². The van der Waals surface area contributed by atoms with Crippen LogP contribution in [-0.2, 0) is 4.79 Å². The maximum absolute atomic E-state index is 14.6. The lowest BCUT2D eigenvalue weighted by molar-refractivity contribution is -0.120. The SMILES string of the molecule is O=C1C2CCCCN2C(=S)N1c1cc(Oc2ncccn2)c(Cl)cc1F. The largest absolute Gasteiger partial charge is 0.423 e. The van der Waals surface area contributed by atoms with Crippen LogP contribution in [0.5, 0.6) is 11.8 Å². The monoisotopic (exact) mass is 392 g/mol. The number of benzene rings is 1. The molecule has 9 heteroatoms. The standard InChI is InChI=1S/C17H14ClFN4O2S/c18-10-8-11(19)13(9-14(10)25-16-20-5-3-6-21-16)23-15(24)12-4-1-2-7-22(12)17(23)26/h3,5-6,8-9,12H,1-2,4,7H2. The molecule has 1 atom stereocenters. The van der Waals surface area contributed by atoms with Crippen molar-refractivity contribution in [2.45, 2.75) is 25.3 Å². The van der Waals surface area contributed by atoms with Gasteiger partial charge in [0.15, 0.2) is 10.9 Å². The van der Waals surface area contributed by atoms with Crippen LogP contribution in [0.4, 0.5) is 10.1 Å². The summed E-state index contributed by atoms with van der Waals surface area (Å²) in [6, 6.07) is 3.84. The molecule has 3 heterocycles. The molecule has 2 saturated heterocycles. The van der Waals surface area contributed by atoms with Crippen molar-refractivity contribution in [3.05, 3.63) is 41.4 Å². The van der Waals surface area contributed by atoms with Crippen LogP contribution in [0.3, 0.4) is 0 Å². The molecule has 2 aromatic rings. The Morgan fingerprint density at radius 3 is 2.77 bits per heavy atom. The first-order valence-electron chi connectivity index (χ1n) is 8.15. The number of rotatable bonds is 3. The molecule has 4 rings (SSSR count). The van der Waals surface area contributed by atoms with Crippen molar-refractivity contribution in [1.82, 2.24) is 14.9 Å². The molecule has 6 nitrogen and oxygen atoms in total. The highest BCUT2D eigenvalue weighted by Crippen LogP contribution is 2.38. The van der Waals surface area contributed by atoms with E-state index in [9.17, 15) is 9.18 Å². The van der Waals surface area contributed by atoms with Gasteiger partial charge in [0.1, 0.15) is 11.9 Å². The third-order valence-electron chi connectivity index (χ3n) is 4.43. The first-order valence-corrected chi connectivity index (χ1v) is 8.93. The Bertz CT molecular complexity index is 859. The molecule has 1 aromatic carbocycles. The Morgan fingerprint density at radius 2 is 2.04 bits per heavy atom. The summed E-state index contributed by atoms with van der Waals surface area (Å²) in [5.74, 6) is -0.723. The average Bonchev–Trinajstić information content (AvgIpc) is 2.90. The summed E-state index contributed by atoms with van der Waals surface area (Å²) in [7, 11) is 0. The normalized spacial score (nSPS) is 19.7. The number of hydrogen-bond donors (Lipinski definition) is 0. The fourth-order valence-corrected chi connectivity index (χ4v) is 3.81. The van der Waals surface area contributed by atoms with Gasteiger partial charge >= 0.3 is 6.01 Å². The van der Waals surface area contributed by atoms with Crippen molar-refractivity contribution in [1.29, 1.82) is 0 Å². The third kappa shape index (κ3) is 2.89. The Morgan fingerprint density at radius 1 is 1.27 bits per heavy atom. The minimum Gasteiger partial charge on any atom is -0.423 e. The molecule has 0 aliphatic carbocycles. The molecule has 0 N–H and O–H groups in total.